The maximum Gasteiger partial charge on any atom is 0.240 e. The van der Waals surface area contributed by atoms with Gasteiger partial charge in [-0.05, 0) is 75.5 Å². The Morgan fingerprint density at radius 2 is 1.57 bits per heavy atom. The summed E-state index contributed by atoms with van der Waals surface area (Å²) in [6, 6.07) is 17.4. The Morgan fingerprint density at radius 3 is 2.11 bits per heavy atom. The van der Waals surface area contributed by atoms with Gasteiger partial charge in [-0.2, -0.15) is 0 Å². The van der Waals surface area contributed by atoms with E-state index in [1.54, 1.807) is 31.4 Å². The van der Waals surface area contributed by atoms with Gasteiger partial charge in [0.25, 0.3) is 0 Å². The smallest absolute Gasteiger partial charge is 0.240 e. The zero-order valence-corrected chi connectivity index (χ0v) is 17.7. The zero-order valence-electron chi connectivity index (χ0n) is 16.8. The summed E-state index contributed by atoms with van der Waals surface area (Å²) in [4.78, 5) is 2.56. The summed E-state index contributed by atoms with van der Waals surface area (Å²) in [7, 11) is 2.30. The monoisotopic (exact) mass is 402 g/mol. The molecule has 0 bridgehead atoms. The molecule has 0 saturated heterocycles. The molecule has 0 aromatic heterocycles. The number of methoxy groups -OCH3 is 1. The highest BCUT2D eigenvalue weighted by Crippen LogP contribution is 2.37. The average Bonchev–Trinajstić information content (AvgIpc) is 2.70. The molecule has 1 aliphatic rings. The standard InChI is InChI=1S/C22H30N2O3S/c1-24(2)22(17-7-5-4-6-8-17)18-9-11-19(12-10-18)23-28(25,26)21-15-13-20(27-3)14-16-21/h4-8,13-16,18-19,22-23H,9-12H2,1-3H3. The maximum absolute atomic E-state index is 12.7. The first kappa shape index (κ1) is 20.8. The van der Waals surface area contributed by atoms with E-state index in [0.717, 1.165) is 25.7 Å². The molecule has 2 aromatic rings. The van der Waals surface area contributed by atoms with Crippen LogP contribution in [0.1, 0.15) is 37.3 Å². The minimum atomic E-state index is -3.51. The molecule has 1 atom stereocenters. The van der Waals surface area contributed by atoms with Gasteiger partial charge in [0.05, 0.1) is 12.0 Å². The molecule has 0 radical (unpaired) electrons. The van der Waals surface area contributed by atoms with E-state index >= 15 is 0 Å². The highest BCUT2D eigenvalue weighted by Gasteiger charge is 2.31. The van der Waals surface area contributed by atoms with Gasteiger partial charge in [0.2, 0.25) is 10.0 Å². The van der Waals surface area contributed by atoms with E-state index in [1.807, 2.05) is 6.07 Å². The zero-order chi connectivity index (χ0) is 20.1. The topological polar surface area (TPSA) is 58.6 Å². The van der Waals surface area contributed by atoms with Crippen molar-refractivity contribution in [1.29, 1.82) is 0 Å². The van der Waals surface area contributed by atoms with Crippen molar-refractivity contribution in [3.63, 3.8) is 0 Å². The maximum atomic E-state index is 12.7. The first-order chi connectivity index (χ1) is 13.4. The third-order valence-electron chi connectivity index (χ3n) is 5.61. The summed E-state index contributed by atoms with van der Waals surface area (Å²) >= 11 is 0. The van der Waals surface area contributed by atoms with E-state index in [4.69, 9.17) is 4.74 Å². The first-order valence-electron chi connectivity index (χ1n) is 9.78. The molecule has 28 heavy (non-hydrogen) atoms. The van der Waals surface area contributed by atoms with Crippen molar-refractivity contribution >= 4 is 10.0 Å². The van der Waals surface area contributed by atoms with Crippen molar-refractivity contribution < 1.29 is 13.2 Å². The first-order valence-corrected chi connectivity index (χ1v) is 11.3. The van der Waals surface area contributed by atoms with Crippen LogP contribution in [-0.2, 0) is 10.0 Å². The lowest BCUT2D eigenvalue weighted by Crippen LogP contribution is -2.39. The van der Waals surface area contributed by atoms with Crippen LogP contribution in [-0.4, -0.2) is 40.6 Å². The van der Waals surface area contributed by atoms with E-state index in [9.17, 15) is 8.42 Å². The van der Waals surface area contributed by atoms with Crippen LogP contribution in [0.15, 0.2) is 59.5 Å². The van der Waals surface area contributed by atoms with E-state index in [2.05, 4.69) is 48.0 Å². The second-order valence-corrected chi connectivity index (χ2v) is 9.44. The third-order valence-corrected chi connectivity index (χ3v) is 7.14. The summed E-state index contributed by atoms with van der Waals surface area (Å²) in [6.45, 7) is 0. The van der Waals surface area contributed by atoms with Gasteiger partial charge in [-0.25, -0.2) is 13.1 Å². The Labute approximate surface area is 168 Å². The number of sulfonamides is 1. The molecule has 1 saturated carbocycles. The Morgan fingerprint density at radius 1 is 0.964 bits per heavy atom. The summed E-state index contributed by atoms with van der Waals surface area (Å²) in [5, 5.41) is 0. The van der Waals surface area contributed by atoms with E-state index in [1.165, 1.54) is 5.56 Å². The molecule has 0 aliphatic heterocycles. The van der Waals surface area contributed by atoms with Crippen molar-refractivity contribution in [2.45, 2.75) is 42.7 Å². The van der Waals surface area contributed by atoms with Gasteiger partial charge >= 0.3 is 0 Å². The van der Waals surface area contributed by atoms with E-state index in [0.29, 0.717) is 17.7 Å². The minimum Gasteiger partial charge on any atom is -0.497 e. The van der Waals surface area contributed by atoms with E-state index < -0.39 is 10.0 Å². The van der Waals surface area contributed by atoms with Crippen LogP contribution >= 0.6 is 0 Å². The molecular weight excluding hydrogens is 372 g/mol. The number of ether oxygens (including phenoxy) is 1. The number of rotatable bonds is 7. The highest BCUT2D eigenvalue weighted by molar-refractivity contribution is 7.89. The van der Waals surface area contributed by atoms with Gasteiger partial charge in [0, 0.05) is 12.1 Å². The number of hydrogen-bond acceptors (Lipinski definition) is 4. The van der Waals surface area contributed by atoms with Gasteiger partial charge in [-0.15, -0.1) is 0 Å². The fraction of sp³-hybridized carbons (Fsp3) is 0.455. The Bertz CT molecular complexity index is 843. The molecule has 2 aromatic carbocycles. The average molecular weight is 403 g/mol. The minimum absolute atomic E-state index is 0.0121. The van der Waals surface area contributed by atoms with Gasteiger partial charge in [-0.3, -0.25) is 0 Å². The van der Waals surface area contributed by atoms with Crippen LogP contribution in [0.3, 0.4) is 0 Å². The molecule has 152 valence electrons. The lowest BCUT2D eigenvalue weighted by atomic mass is 9.79. The molecule has 3 rings (SSSR count). The molecular formula is C22H30N2O3S. The molecule has 0 heterocycles. The summed E-state index contributed by atoms with van der Waals surface area (Å²) in [5.41, 5.74) is 1.33. The predicted molar refractivity (Wildman–Crippen MR) is 112 cm³/mol. The third kappa shape index (κ3) is 4.93. The van der Waals surface area contributed by atoms with Crippen molar-refractivity contribution in [2.24, 2.45) is 5.92 Å². The van der Waals surface area contributed by atoms with Crippen LogP contribution in [0, 0.1) is 5.92 Å². The largest absolute Gasteiger partial charge is 0.497 e. The number of benzene rings is 2. The summed E-state index contributed by atoms with van der Waals surface area (Å²) in [5.74, 6) is 1.18. The van der Waals surface area contributed by atoms with Crippen LogP contribution in [0.5, 0.6) is 5.75 Å². The molecule has 1 N–H and O–H groups in total. The second kappa shape index (κ2) is 9.07. The van der Waals surface area contributed by atoms with Crippen molar-refractivity contribution in [3.05, 3.63) is 60.2 Å². The molecule has 1 unspecified atom stereocenters. The number of nitrogens with one attached hydrogen (secondary N) is 1. The van der Waals surface area contributed by atoms with Gasteiger partial charge in [0.15, 0.2) is 0 Å². The quantitative estimate of drug-likeness (QED) is 0.765. The van der Waals surface area contributed by atoms with Crippen LogP contribution in [0.25, 0.3) is 0 Å². The SMILES string of the molecule is COc1ccc(S(=O)(=O)NC2CCC(C(c3ccccc3)N(C)C)CC2)cc1. The Balaban J connectivity index is 1.63. The molecule has 0 spiro atoms. The van der Waals surface area contributed by atoms with Gasteiger partial charge < -0.3 is 9.64 Å². The van der Waals surface area contributed by atoms with Gasteiger partial charge in [-0.1, -0.05) is 30.3 Å². The second-order valence-electron chi connectivity index (χ2n) is 7.73. The molecule has 1 fully saturated rings. The Hall–Kier alpha value is -1.89. The summed E-state index contributed by atoms with van der Waals surface area (Å²) < 4.78 is 33.4. The van der Waals surface area contributed by atoms with E-state index in [-0.39, 0.29) is 10.9 Å². The Kier molecular flexibility index (Phi) is 6.75. The lowest BCUT2D eigenvalue weighted by molar-refractivity contribution is 0.161. The predicted octanol–water partition coefficient (Wildman–Crippen LogP) is 3.84. The molecule has 0 amide bonds. The van der Waals surface area contributed by atoms with Crippen molar-refractivity contribution in [2.75, 3.05) is 21.2 Å². The van der Waals surface area contributed by atoms with Crippen molar-refractivity contribution in [1.82, 2.24) is 9.62 Å². The van der Waals surface area contributed by atoms with Crippen LogP contribution < -0.4 is 9.46 Å². The fourth-order valence-corrected chi connectivity index (χ4v) is 5.54. The number of hydrogen-bond donors (Lipinski definition) is 1. The molecule has 6 heteroatoms. The number of nitrogens with zero attached hydrogens (tertiary/aromatic N) is 1. The fourth-order valence-electron chi connectivity index (χ4n) is 4.24. The van der Waals surface area contributed by atoms with Gasteiger partial charge in [0.1, 0.15) is 5.75 Å². The summed E-state index contributed by atoms with van der Waals surface area (Å²) in [6.07, 6.45) is 3.73. The molecule has 1 aliphatic carbocycles. The van der Waals surface area contributed by atoms with Crippen LogP contribution in [0.4, 0.5) is 0 Å². The van der Waals surface area contributed by atoms with Crippen LogP contribution in [0.2, 0.25) is 0 Å². The van der Waals surface area contributed by atoms with Crippen molar-refractivity contribution in [3.8, 4) is 5.75 Å². The normalized spacial score (nSPS) is 21.4. The highest BCUT2D eigenvalue weighted by atomic mass is 32.2. The molecule has 5 nitrogen and oxygen atoms in total. The lowest BCUT2D eigenvalue weighted by Gasteiger charge is -2.37.